The molecule has 0 radical (unpaired) electrons. The minimum absolute atomic E-state index is 0.0338. The quantitative estimate of drug-likeness (QED) is 0.568. The first-order chi connectivity index (χ1) is 15.5. The van der Waals surface area contributed by atoms with Crippen molar-refractivity contribution in [1.29, 1.82) is 0 Å². The molecule has 0 bridgehead atoms. The molecule has 0 unspecified atom stereocenters. The van der Waals surface area contributed by atoms with Gasteiger partial charge >= 0.3 is 0 Å². The first-order valence-corrected chi connectivity index (χ1v) is 13.9. The van der Waals surface area contributed by atoms with Gasteiger partial charge < -0.3 is 10.2 Å². The standard InChI is InChI=1S/C22H30N4O5S2/c1-24(2)33(30,31)21-12-10-20(11-13-21)26(32(3,28)29)17-22(27)23-16-18-6-8-19(9-7-18)25-14-4-5-15-25/h6-13H,4-5,14-17H2,1-3H3,(H,23,27). The molecule has 1 heterocycles. The number of hydrogen-bond acceptors (Lipinski definition) is 6. The summed E-state index contributed by atoms with van der Waals surface area (Å²) in [7, 11) is -4.59. The maximum Gasteiger partial charge on any atom is 0.242 e. The summed E-state index contributed by atoms with van der Waals surface area (Å²) in [6.07, 6.45) is 3.40. The fraction of sp³-hybridized carbons (Fsp3) is 0.409. The van der Waals surface area contributed by atoms with Gasteiger partial charge in [0.1, 0.15) is 6.54 Å². The van der Waals surface area contributed by atoms with E-state index < -0.39 is 32.5 Å². The van der Waals surface area contributed by atoms with Crippen LogP contribution in [0, 0.1) is 0 Å². The molecule has 1 aliphatic heterocycles. The van der Waals surface area contributed by atoms with E-state index in [9.17, 15) is 21.6 Å². The van der Waals surface area contributed by atoms with Gasteiger partial charge in [0.2, 0.25) is 26.0 Å². The Morgan fingerprint density at radius 3 is 2.03 bits per heavy atom. The Kier molecular flexibility index (Phi) is 7.65. The Morgan fingerprint density at radius 2 is 1.52 bits per heavy atom. The molecule has 0 atom stereocenters. The summed E-state index contributed by atoms with van der Waals surface area (Å²) in [5.41, 5.74) is 2.28. The zero-order chi connectivity index (χ0) is 24.2. The zero-order valence-corrected chi connectivity index (χ0v) is 20.7. The van der Waals surface area contributed by atoms with E-state index in [0.29, 0.717) is 0 Å². The molecule has 1 amide bonds. The second-order valence-electron chi connectivity index (χ2n) is 8.19. The van der Waals surface area contributed by atoms with Crippen molar-refractivity contribution in [3.05, 3.63) is 54.1 Å². The third-order valence-corrected chi connectivity index (χ3v) is 8.46. The van der Waals surface area contributed by atoms with E-state index >= 15 is 0 Å². The maximum atomic E-state index is 12.5. The molecule has 33 heavy (non-hydrogen) atoms. The van der Waals surface area contributed by atoms with Crippen molar-refractivity contribution in [2.45, 2.75) is 24.3 Å². The van der Waals surface area contributed by atoms with E-state index in [2.05, 4.69) is 10.2 Å². The number of nitrogens with one attached hydrogen (secondary N) is 1. The van der Waals surface area contributed by atoms with Gasteiger partial charge in [0.25, 0.3) is 0 Å². The van der Waals surface area contributed by atoms with Crippen molar-refractivity contribution in [3.8, 4) is 0 Å². The van der Waals surface area contributed by atoms with E-state index in [-0.39, 0.29) is 17.1 Å². The molecule has 1 N–H and O–H groups in total. The van der Waals surface area contributed by atoms with Gasteiger partial charge in [0.15, 0.2) is 0 Å². The van der Waals surface area contributed by atoms with Gasteiger partial charge in [-0.15, -0.1) is 0 Å². The van der Waals surface area contributed by atoms with Crippen LogP contribution in [0.15, 0.2) is 53.4 Å². The topological polar surface area (TPSA) is 107 Å². The number of nitrogens with zero attached hydrogens (tertiary/aromatic N) is 3. The lowest BCUT2D eigenvalue weighted by Gasteiger charge is -2.22. The molecule has 0 aliphatic carbocycles. The SMILES string of the molecule is CN(C)S(=O)(=O)c1ccc(N(CC(=O)NCc2ccc(N3CCCC3)cc2)S(C)(=O)=O)cc1. The third-order valence-electron chi connectivity index (χ3n) is 5.49. The molecular formula is C22H30N4O5S2. The van der Waals surface area contributed by atoms with Crippen LogP contribution in [0.2, 0.25) is 0 Å². The van der Waals surface area contributed by atoms with Gasteiger partial charge in [-0.3, -0.25) is 9.10 Å². The van der Waals surface area contributed by atoms with Crippen molar-refractivity contribution >= 4 is 37.3 Å². The Morgan fingerprint density at radius 1 is 0.939 bits per heavy atom. The Balaban J connectivity index is 1.65. The van der Waals surface area contributed by atoms with Gasteiger partial charge in [0.05, 0.1) is 16.8 Å². The van der Waals surface area contributed by atoms with Gasteiger partial charge in [-0.25, -0.2) is 21.1 Å². The number of sulfonamides is 2. The largest absolute Gasteiger partial charge is 0.372 e. The van der Waals surface area contributed by atoms with Crippen molar-refractivity contribution < 1.29 is 21.6 Å². The van der Waals surface area contributed by atoms with Crippen LogP contribution in [0.25, 0.3) is 0 Å². The van der Waals surface area contributed by atoms with E-state index in [1.807, 2.05) is 24.3 Å². The molecule has 1 saturated heterocycles. The highest BCUT2D eigenvalue weighted by molar-refractivity contribution is 7.92. The van der Waals surface area contributed by atoms with E-state index in [1.54, 1.807) is 0 Å². The van der Waals surface area contributed by atoms with Crippen LogP contribution in [-0.2, 0) is 31.4 Å². The zero-order valence-electron chi connectivity index (χ0n) is 19.1. The van der Waals surface area contributed by atoms with Crippen LogP contribution in [0.1, 0.15) is 18.4 Å². The predicted molar refractivity (Wildman–Crippen MR) is 129 cm³/mol. The Bertz CT molecular complexity index is 1170. The summed E-state index contributed by atoms with van der Waals surface area (Å²) in [5, 5.41) is 2.75. The molecule has 0 spiro atoms. The van der Waals surface area contributed by atoms with Crippen molar-refractivity contribution in [3.63, 3.8) is 0 Å². The van der Waals surface area contributed by atoms with Crippen LogP contribution in [-0.4, -0.2) is 67.0 Å². The summed E-state index contributed by atoms with van der Waals surface area (Å²) in [4.78, 5) is 14.9. The molecular weight excluding hydrogens is 464 g/mol. The lowest BCUT2D eigenvalue weighted by Crippen LogP contribution is -2.40. The summed E-state index contributed by atoms with van der Waals surface area (Å²) >= 11 is 0. The first kappa shape index (κ1) is 25.0. The Hall–Kier alpha value is -2.63. The van der Waals surface area contributed by atoms with Crippen molar-refractivity contribution in [2.75, 3.05) is 49.2 Å². The average Bonchev–Trinajstić information content (AvgIpc) is 3.30. The highest BCUT2D eigenvalue weighted by Crippen LogP contribution is 2.22. The molecule has 0 saturated carbocycles. The minimum Gasteiger partial charge on any atom is -0.372 e. The number of hydrogen-bond donors (Lipinski definition) is 1. The normalized spacial score (nSPS) is 14.5. The van der Waals surface area contributed by atoms with Crippen molar-refractivity contribution in [1.82, 2.24) is 9.62 Å². The van der Waals surface area contributed by atoms with Crippen LogP contribution < -0.4 is 14.5 Å². The lowest BCUT2D eigenvalue weighted by atomic mass is 10.2. The highest BCUT2D eigenvalue weighted by Gasteiger charge is 2.23. The molecule has 9 nitrogen and oxygen atoms in total. The van der Waals surface area contributed by atoms with E-state index in [0.717, 1.165) is 39.2 Å². The molecule has 180 valence electrons. The second kappa shape index (κ2) is 10.1. The monoisotopic (exact) mass is 494 g/mol. The lowest BCUT2D eigenvalue weighted by molar-refractivity contribution is -0.119. The Labute approximate surface area is 196 Å². The van der Waals surface area contributed by atoms with Gasteiger partial charge in [-0.05, 0) is 54.8 Å². The van der Waals surface area contributed by atoms with Crippen LogP contribution in [0.3, 0.4) is 0 Å². The maximum absolute atomic E-state index is 12.5. The second-order valence-corrected chi connectivity index (χ2v) is 12.2. The minimum atomic E-state index is -3.77. The first-order valence-electron chi connectivity index (χ1n) is 10.6. The number of amides is 1. The highest BCUT2D eigenvalue weighted by atomic mass is 32.2. The van der Waals surface area contributed by atoms with Crippen LogP contribution >= 0.6 is 0 Å². The molecule has 1 fully saturated rings. The van der Waals surface area contributed by atoms with Crippen LogP contribution in [0.4, 0.5) is 11.4 Å². The van der Waals surface area contributed by atoms with E-state index in [1.165, 1.54) is 51.2 Å². The molecule has 2 aromatic rings. The summed E-state index contributed by atoms with van der Waals surface area (Å²) < 4.78 is 51.1. The van der Waals surface area contributed by atoms with Crippen LogP contribution in [0.5, 0.6) is 0 Å². The molecule has 1 aliphatic rings. The summed E-state index contributed by atoms with van der Waals surface area (Å²) in [6.45, 7) is 1.97. The third kappa shape index (κ3) is 6.24. The van der Waals surface area contributed by atoms with Gasteiger partial charge in [-0.1, -0.05) is 12.1 Å². The molecule has 0 aromatic heterocycles. The fourth-order valence-corrected chi connectivity index (χ4v) is 5.34. The summed E-state index contributed by atoms with van der Waals surface area (Å²) in [5.74, 6) is -0.464. The molecule has 11 heteroatoms. The molecule has 2 aromatic carbocycles. The van der Waals surface area contributed by atoms with Crippen molar-refractivity contribution in [2.24, 2.45) is 0 Å². The smallest absolute Gasteiger partial charge is 0.242 e. The summed E-state index contributed by atoms with van der Waals surface area (Å²) in [6, 6.07) is 13.4. The number of carbonyl (C=O) groups excluding carboxylic acids is 1. The molecule has 3 rings (SSSR count). The van der Waals surface area contributed by atoms with Gasteiger partial charge in [0, 0.05) is 39.4 Å². The number of benzene rings is 2. The van der Waals surface area contributed by atoms with E-state index in [4.69, 9.17) is 0 Å². The fourth-order valence-electron chi connectivity index (χ4n) is 3.58. The number of carbonyl (C=O) groups is 1. The predicted octanol–water partition coefficient (Wildman–Crippen LogP) is 1.62. The number of rotatable bonds is 9. The average molecular weight is 495 g/mol. The van der Waals surface area contributed by atoms with Gasteiger partial charge in [-0.2, -0.15) is 0 Å². The number of anilines is 2.